The van der Waals surface area contributed by atoms with Crippen molar-refractivity contribution >= 4 is 0 Å². The van der Waals surface area contributed by atoms with E-state index in [4.69, 9.17) is 0 Å². The second kappa shape index (κ2) is 5.37. The first-order chi connectivity index (χ1) is 7.35. The molecule has 0 N–H and O–H groups in total. The maximum atomic E-state index is 2.30. The van der Waals surface area contributed by atoms with E-state index in [0.29, 0.717) is 0 Å². The van der Waals surface area contributed by atoms with Crippen molar-refractivity contribution in [2.24, 2.45) is 11.3 Å². The summed E-state index contributed by atoms with van der Waals surface area (Å²) < 4.78 is 0. The van der Waals surface area contributed by atoms with Crippen LogP contribution in [0, 0.1) is 11.3 Å². The average Bonchev–Trinajstić information content (AvgIpc) is 3.12. The maximum absolute atomic E-state index is 2.30. The van der Waals surface area contributed by atoms with Crippen LogP contribution in [0.2, 0.25) is 0 Å². The molecule has 0 aliphatic heterocycles. The van der Waals surface area contributed by atoms with Crippen LogP contribution in [-0.4, -0.2) is 0 Å². The van der Waals surface area contributed by atoms with Gasteiger partial charge in [-0.15, -0.1) is 0 Å². The zero-order valence-electron chi connectivity index (χ0n) is 10.6. The van der Waals surface area contributed by atoms with Gasteiger partial charge in [0.2, 0.25) is 0 Å². The topological polar surface area (TPSA) is 0 Å². The third kappa shape index (κ3) is 4.17. The van der Waals surface area contributed by atoms with Crippen LogP contribution in [0.4, 0.5) is 0 Å². The second-order valence-electron chi connectivity index (χ2n) is 6.15. The van der Waals surface area contributed by atoms with Crippen molar-refractivity contribution in [3.05, 3.63) is 0 Å². The molecular weight excluding hydrogens is 180 g/mol. The summed E-state index contributed by atoms with van der Waals surface area (Å²) in [6, 6.07) is 0. The molecule has 0 heteroatoms. The van der Waals surface area contributed by atoms with Crippen LogP contribution in [0.25, 0.3) is 0 Å². The zero-order chi connectivity index (χ0) is 10.6. The standard InChI is InChI=1S/C15H28/c1-2-3-4-5-6-10-15(12-13-15)11-9-14-7-8-14/h14H,2-13H2,1H3. The van der Waals surface area contributed by atoms with Gasteiger partial charge in [-0.3, -0.25) is 0 Å². The molecule has 88 valence electrons. The Hall–Kier alpha value is 0. The number of rotatable bonds is 9. The van der Waals surface area contributed by atoms with Crippen molar-refractivity contribution in [2.45, 2.75) is 84.0 Å². The van der Waals surface area contributed by atoms with Gasteiger partial charge in [0.05, 0.1) is 0 Å². The van der Waals surface area contributed by atoms with Gasteiger partial charge in [-0.2, -0.15) is 0 Å². The number of hydrogen-bond donors (Lipinski definition) is 0. The summed E-state index contributed by atoms with van der Waals surface area (Å²) in [6.07, 6.45) is 18.3. The van der Waals surface area contributed by atoms with Crippen LogP contribution in [0.1, 0.15) is 84.0 Å². The lowest BCUT2D eigenvalue weighted by Crippen LogP contribution is -2.00. The molecule has 0 heterocycles. The van der Waals surface area contributed by atoms with Crippen LogP contribution in [-0.2, 0) is 0 Å². The molecule has 0 spiro atoms. The summed E-state index contributed by atoms with van der Waals surface area (Å²) in [7, 11) is 0. The Kier molecular flexibility index (Phi) is 4.11. The van der Waals surface area contributed by atoms with Gasteiger partial charge in [0.1, 0.15) is 0 Å². The predicted molar refractivity (Wildman–Crippen MR) is 67.0 cm³/mol. The second-order valence-corrected chi connectivity index (χ2v) is 6.15. The van der Waals surface area contributed by atoms with Crippen molar-refractivity contribution in [1.82, 2.24) is 0 Å². The molecule has 0 bridgehead atoms. The molecule has 2 rings (SSSR count). The highest BCUT2D eigenvalue weighted by molar-refractivity contribution is 4.93. The molecule has 0 amide bonds. The fraction of sp³-hybridized carbons (Fsp3) is 1.00. The maximum Gasteiger partial charge on any atom is -0.0297 e. The molecule has 15 heavy (non-hydrogen) atoms. The van der Waals surface area contributed by atoms with E-state index in [0.717, 1.165) is 11.3 Å². The monoisotopic (exact) mass is 208 g/mol. The normalized spacial score (nSPS) is 23.0. The van der Waals surface area contributed by atoms with Crippen molar-refractivity contribution in [1.29, 1.82) is 0 Å². The van der Waals surface area contributed by atoms with E-state index in [1.54, 1.807) is 44.9 Å². The summed E-state index contributed by atoms with van der Waals surface area (Å²) in [5.74, 6) is 1.16. The Morgan fingerprint density at radius 3 is 2.27 bits per heavy atom. The molecular formula is C15H28. The minimum atomic E-state index is 0.870. The summed E-state index contributed by atoms with van der Waals surface area (Å²) in [4.78, 5) is 0. The SMILES string of the molecule is CCCCCCCC1(CCC2CC2)CC1. The Labute approximate surface area is 95.8 Å². The van der Waals surface area contributed by atoms with Crippen molar-refractivity contribution in [3.63, 3.8) is 0 Å². The molecule has 2 aliphatic carbocycles. The first kappa shape index (κ1) is 11.5. The molecule has 2 saturated carbocycles. The fourth-order valence-corrected chi connectivity index (χ4v) is 2.82. The Morgan fingerprint density at radius 2 is 1.67 bits per heavy atom. The van der Waals surface area contributed by atoms with Crippen molar-refractivity contribution in [3.8, 4) is 0 Å². The summed E-state index contributed by atoms with van der Waals surface area (Å²) in [6.45, 7) is 2.30. The Morgan fingerprint density at radius 1 is 0.933 bits per heavy atom. The van der Waals surface area contributed by atoms with Crippen LogP contribution >= 0.6 is 0 Å². The number of hydrogen-bond acceptors (Lipinski definition) is 0. The van der Waals surface area contributed by atoms with Gasteiger partial charge >= 0.3 is 0 Å². The first-order valence-corrected chi connectivity index (χ1v) is 7.35. The van der Waals surface area contributed by atoms with Gasteiger partial charge in [0.25, 0.3) is 0 Å². The lowest BCUT2D eigenvalue weighted by molar-refractivity contribution is 0.382. The van der Waals surface area contributed by atoms with E-state index >= 15 is 0 Å². The average molecular weight is 208 g/mol. The van der Waals surface area contributed by atoms with Gasteiger partial charge in [-0.05, 0) is 43.4 Å². The van der Waals surface area contributed by atoms with Crippen molar-refractivity contribution in [2.75, 3.05) is 0 Å². The van der Waals surface area contributed by atoms with E-state index < -0.39 is 0 Å². The highest BCUT2D eigenvalue weighted by Crippen LogP contribution is 2.55. The molecule has 0 aromatic rings. The molecule has 0 aromatic carbocycles. The largest absolute Gasteiger partial charge is 0.0654 e. The van der Waals surface area contributed by atoms with E-state index in [-0.39, 0.29) is 0 Å². The molecule has 0 aromatic heterocycles. The Balaban J connectivity index is 1.49. The van der Waals surface area contributed by atoms with Crippen molar-refractivity contribution < 1.29 is 0 Å². The molecule has 0 radical (unpaired) electrons. The molecule has 2 aliphatic rings. The summed E-state index contributed by atoms with van der Waals surface area (Å²) >= 11 is 0. The van der Waals surface area contributed by atoms with E-state index in [2.05, 4.69) is 6.92 Å². The predicted octanol–water partition coefficient (Wildman–Crippen LogP) is 5.32. The minimum Gasteiger partial charge on any atom is -0.0654 e. The lowest BCUT2D eigenvalue weighted by atomic mass is 9.92. The third-order valence-corrected chi connectivity index (χ3v) is 4.55. The van der Waals surface area contributed by atoms with Gasteiger partial charge in [0.15, 0.2) is 0 Å². The summed E-state index contributed by atoms with van der Waals surface area (Å²) in [5.41, 5.74) is 0.870. The quantitative estimate of drug-likeness (QED) is 0.450. The first-order valence-electron chi connectivity index (χ1n) is 7.35. The van der Waals surface area contributed by atoms with Gasteiger partial charge in [-0.1, -0.05) is 51.9 Å². The number of unbranched alkanes of at least 4 members (excludes halogenated alkanes) is 4. The van der Waals surface area contributed by atoms with Crippen LogP contribution < -0.4 is 0 Å². The van der Waals surface area contributed by atoms with Gasteiger partial charge < -0.3 is 0 Å². The zero-order valence-corrected chi connectivity index (χ0v) is 10.6. The van der Waals surface area contributed by atoms with Crippen LogP contribution in [0.3, 0.4) is 0 Å². The lowest BCUT2D eigenvalue weighted by Gasteiger charge is -2.14. The molecule has 2 fully saturated rings. The molecule has 0 saturated heterocycles. The third-order valence-electron chi connectivity index (χ3n) is 4.55. The van der Waals surface area contributed by atoms with Gasteiger partial charge in [0, 0.05) is 0 Å². The minimum absolute atomic E-state index is 0.870. The van der Waals surface area contributed by atoms with Gasteiger partial charge in [-0.25, -0.2) is 0 Å². The fourth-order valence-electron chi connectivity index (χ4n) is 2.82. The Bertz CT molecular complexity index is 174. The molecule has 0 unspecified atom stereocenters. The van der Waals surface area contributed by atoms with E-state index in [9.17, 15) is 0 Å². The smallest absolute Gasteiger partial charge is 0.0297 e. The van der Waals surface area contributed by atoms with Crippen LogP contribution in [0.15, 0.2) is 0 Å². The van der Waals surface area contributed by atoms with Crippen LogP contribution in [0.5, 0.6) is 0 Å². The van der Waals surface area contributed by atoms with E-state index in [1.165, 1.54) is 32.1 Å². The summed E-state index contributed by atoms with van der Waals surface area (Å²) in [5, 5.41) is 0. The highest BCUT2D eigenvalue weighted by atomic mass is 14.5. The molecule has 0 atom stereocenters. The van der Waals surface area contributed by atoms with E-state index in [1.807, 2.05) is 0 Å². The molecule has 0 nitrogen and oxygen atoms in total. The highest BCUT2D eigenvalue weighted by Gasteiger charge is 2.42.